The van der Waals surface area contributed by atoms with Crippen LogP contribution in [0.25, 0.3) is 0 Å². The summed E-state index contributed by atoms with van der Waals surface area (Å²) in [5, 5.41) is 1.18. The largest absolute Gasteiger partial charge is 0.257 e. The first-order chi connectivity index (χ1) is 8.74. The van der Waals surface area contributed by atoms with Crippen LogP contribution in [-0.2, 0) is 5.54 Å². The van der Waals surface area contributed by atoms with E-state index in [-0.39, 0.29) is 10.3 Å². The third-order valence-electron chi connectivity index (χ3n) is 3.66. The molecule has 0 aromatic carbocycles. The second kappa shape index (κ2) is 5.63. The fourth-order valence-electron chi connectivity index (χ4n) is 2.35. The number of halogens is 1. The highest BCUT2D eigenvalue weighted by Crippen LogP contribution is 2.47. The van der Waals surface area contributed by atoms with Gasteiger partial charge >= 0.3 is 0 Å². The zero-order chi connectivity index (χ0) is 14.3. The summed E-state index contributed by atoms with van der Waals surface area (Å²) in [6.45, 7) is 9.02. The van der Waals surface area contributed by atoms with Crippen LogP contribution in [0.15, 0.2) is 16.7 Å². The van der Waals surface area contributed by atoms with Gasteiger partial charge in [0.2, 0.25) is 0 Å². The molecule has 1 aliphatic rings. The number of nitrogens with zero attached hydrogens (tertiary/aromatic N) is 1. The zero-order valence-electron chi connectivity index (χ0n) is 12.0. The highest BCUT2D eigenvalue weighted by molar-refractivity contribution is 9.10. The summed E-state index contributed by atoms with van der Waals surface area (Å²) in [7, 11) is 2.83. The standard InChI is InChI=1S/C14H22BrN2PS/c1-9-5-6-14(9,17-19-13(2,3)4)12-11(18)7-10(15)8-16-12/h7-9,17H,5-6,18H2,1-4H3/t9-,14+/m0/s1. The molecule has 2 nitrogen and oxygen atoms in total. The summed E-state index contributed by atoms with van der Waals surface area (Å²) < 4.78 is 4.97. The molecule has 1 aliphatic carbocycles. The molecular formula is C14H22BrN2PS. The van der Waals surface area contributed by atoms with E-state index in [1.165, 1.54) is 17.4 Å². The average molecular weight is 361 g/mol. The molecule has 1 heterocycles. The third-order valence-corrected chi connectivity index (χ3v) is 5.61. The first-order valence-electron chi connectivity index (χ1n) is 6.61. The van der Waals surface area contributed by atoms with E-state index in [2.05, 4.69) is 68.6 Å². The van der Waals surface area contributed by atoms with Gasteiger partial charge in [-0.1, -0.05) is 18.9 Å². The number of rotatable bonds is 3. The molecular weight excluding hydrogens is 339 g/mol. The van der Waals surface area contributed by atoms with Gasteiger partial charge in [0.15, 0.2) is 0 Å². The van der Waals surface area contributed by atoms with Crippen LogP contribution in [0.1, 0.15) is 46.2 Å². The highest BCUT2D eigenvalue weighted by atomic mass is 79.9. The van der Waals surface area contributed by atoms with Crippen molar-refractivity contribution in [1.82, 2.24) is 9.71 Å². The summed E-state index contributed by atoms with van der Waals surface area (Å²) in [6, 6.07) is 2.13. The Balaban J connectivity index is 2.29. The number of hydrogen-bond donors (Lipinski definition) is 1. The van der Waals surface area contributed by atoms with E-state index >= 15 is 0 Å². The smallest absolute Gasteiger partial charge is 0.0734 e. The maximum absolute atomic E-state index is 4.68. The van der Waals surface area contributed by atoms with Gasteiger partial charge in [0.1, 0.15) is 0 Å². The van der Waals surface area contributed by atoms with Crippen LogP contribution in [0.4, 0.5) is 0 Å². The molecule has 3 atom stereocenters. The Kier molecular flexibility index (Phi) is 4.67. The fraction of sp³-hybridized carbons (Fsp3) is 0.643. The first kappa shape index (κ1) is 15.8. The summed E-state index contributed by atoms with van der Waals surface area (Å²) in [5.41, 5.74) is 1.20. The van der Waals surface area contributed by atoms with Crippen LogP contribution >= 0.6 is 37.1 Å². The van der Waals surface area contributed by atoms with Crippen molar-refractivity contribution in [2.75, 3.05) is 0 Å². The van der Waals surface area contributed by atoms with E-state index < -0.39 is 0 Å². The number of pyridine rings is 1. The van der Waals surface area contributed by atoms with Gasteiger partial charge in [0.25, 0.3) is 0 Å². The summed E-state index contributed by atoms with van der Waals surface area (Å²) in [5.74, 6) is 0.621. The van der Waals surface area contributed by atoms with Crippen molar-refractivity contribution in [1.29, 1.82) is 0 Å². The Bertz CT molecular complexity index is 475. The molecule has 0 amide bonds. The lowest BCUT2D eigenvalue weighted by molar-refractivity contribution is 0.123. The lowest BCUT2D eigenvalue weighted by Crippen LogP contribution is -2.54. The fourth-order valence-corrected chi connectivity index (χ4v) is 4.34. The van der Waals surface area contributed by atoms with Crippen molar-refractivity contribution in [3.63, 3.8) is 0 Å². The minimum atomic E-state index is 0.0235. The van der Waals surface area contributed by atoms with Crippen LogP contribution in [-0.4, -0.2) is 9.73 Å². The van der Waals surface area contributed by atoms with Crippen molar-refractivity contribution >= 4 is 42.4 Å². The maximum Gasteiger partial charge on any atom is 0.0734 e. The predicted octanol–water partition coefficient (Wildman–Crippen LogP) is 4.01. The molecule has 2 rings (SSSR count). The van der Waals surface area contributed by atoms with E-state index in [1.54, 1.807) is 0 Å². The van der Waals surface area contributed by atoms with Crippen LogP contribution in [0.5, 0.6) is 0 Å². The van der Waals surface area contributed by atoms with Gasteiger partial charge in [-0.15, -0.1) is 9.24 Å². The van der Waals surface area contributed by atoms with Gasteiger partial charge < -0.3 is 0 Å². The molecule has 1 aromatic heterocycles. The molecule has 1 aromatic rings. The number of hydrogen-bond acceptors (Lipinski definition) is 3. The van der Waals surface area contributed by atoms with Crippen molar-refractivity contribution in [2.45, 2.75) is 50.8 Å². The van der Waals surface area contributed by atoms with E-state index in [0.717, 1.165) is 10.9 Å². The molecule has 1 fully saturated rings. The second-order valence-corrected chi connectivity index (χ2v) is 9.49. The van der Waals surface area contributed by atoms with E-state index in [4.69, 9.17) is 0 Å². The molecule has 0 aliphatic heterocycles. The number of aromatic nitrogens is 1. The lowest BCUT2D eigenvalue weighted by Gasteiger charge is -2.49. The molecule has 0 saturated heterocycles. The molecule has 1 saturated carbocycles. The molecule has 19 heavy (non-hydrogen) atoms. The Morgan fingerprint density at radius 1 is 1.53 bits per heavy atom. The van der Waals surface area contributed by atoms with Gasteiger partial charge in [0, 0.05) is 15.4 Å². The van der Waals surface area contributed by atoms with Crippen LogP contribution in [0.2, 0.25) is 0 Å². The minimum absolute atomic E-state index is 0.0235. The maximum atomic E-state index is 4.68. The Morgan fingerprint density at radius 3 is 2.63 bits per heavy atom. The lowest BCUT2D eigenvalue weighted by atomic mass is 9.66. The van der Waals surface area contributed by atoms with Crippen molar-refractivity contribution in [3.8, 4) is 0 Å². The van der Waals surface area contributed by atoms with Crippen molar-refractivity contribution < 1.29 is 0 Å². The SMILES string of the molecule is C[C@H]1CC[C@]1(NSC(C)(C)C)c1ncc(Br)cc1P. The van der Waals surface area contributed by atoms with Gasteiger partial charge in [-0.05, 0) is 66.8 Å². The average Bonchev–Trinajstić information content (AvgIpc) is 2.28. The van der Waals surface area contributed by atoms with Gasteiger partial charge in [0.05, 0.1) is 11.2 Å². The molecule has 106 valence electrons. The minimum Gasteiger partial charge on any atom is -0.257 e. The quantitative estimate of drug-likeness (QED) is 0.651. The first-order valence-corrected chi connectivity index (χ1v) is 8.80. The summed E-state index contributed by atoms with van der Waals surface area (Å²) >= 11 is 5.30. The van der Waals surface area contributed by atoms with Crippen molar-refractivity contribution in [2.24, 2.45) is 5.92 Å². The Hall–Kier alpha value is 0.370. The predicted molar refractivity (Wildman–Crippen MR) is 91.8 cm³/mol. The normalized spacial score (nSPS) is 27.2. The molecule has 0 spiro atoms. The second-order valence-electron chi connectivity index (χ2n) is 6.32. The highest BCUT2D eigenvalue weighted by Gasteiger charge is 2.48. The van der Waals surface area contributed by atoms with Gasteiger partial charge in [-0.2, -0.15) is 0 Å². The molecule has 1 unspecified atom stereocenters. The van der Waals surface area contributed by atoms with Gasteiger partial charge in [-0.25, -0.2) is 0 Å². The monoisotopic (exact) mass is 360 g/mol. The molecule has 1 N–H and O–H groups in total. The topological polar surface area (TPSA) is 24.9 Å². The summed E-state index contributed by atoms with van der Waals surface area (Å²) in [4.78, 5) is 4.68. The van der Waals surface area contributed by atoms with Gasteiger partial charge in [-0.3, -0.25) is 9.71 Å². The van der Waals surface area contributed by atoms with E-state index in [1.807, 2.05) is 18.1 Å². The number of nitrogens with one attached hydrogen (secondary N) is 1. The zero-order valence-corrected chi connectivity index (χ0v) is 15.5. The van der Waals surface area contributed by atoms with Crippen LogP contribution in [0, 0.1) is 5.92 Å². The van der Waals surface area contributed by atoms with Crippen molar-refractivity contribution in [3.05, 3.63) is 22.4 Å². The van der Waals surface area contributed by atoms with E-state index in [0.29, 0.717) is 5.92 Å². The Morgan fingerprint density at radius 2 is 2.21 bits per heavy atom. The van der Waals surface area contributed by atoms with Crippen LogP contribution < -0.4 is 10.0 Å². The van der Waals surface area contributed by atoms with E-state index in [9.17, 15) is 0 Å². The third kappa shape index (κ3) is 3.34. The molecule has 0 radical (unpaired) electrons. The Labute approximate surface area is 131 Å². The summed E-state index contributed by atoms with van der Waals surface area (Å²) in [6.07, 6.45) is 4.33. The van der Waals surface area contributed by atoms with Crippen LogP contribution in [0.3, 0.4) is 0 Å². The molecule has 5 heteroatoms. The molecule has 0 bridgehead atoms.